The number of ether oxygens (including phenoxy) is 1. The number of carbonyl (C=O) groups excluding carboxylic acids is 1. The highest BCUT2D eigenvalue weighted by Crippen LogP contribution is 2.27. The number of halogens is 1. The fourth-order valence-electron chi connectivity index (χ4n) is 2.63. The molecule has 0 radical (unpaired) electrons. The fourth-order valence-corrected chi connectivity index (χ4v) is 3.37. The summed E-state index contributed by atoms with van der Waals surface area (Å²) in [6.45, 7) is 0.194. The number of fused-ring (bicyclic) bond motifs is 1. The van der Waals surface area contributed by atoms with Crippen LogP contribution in [-0.2, 0) is 17.1 Å². The van der Waals surface area contributed by atoms with E-state index in [2.05, 4.69) is 10.3 Å². The molecular weight excluding hydrogens is 358 g/mol. The number of thioether (sulfide) groups is 1. The second kappa shape index (κ2) is 7.80. The Morgan fingerprint density at radius 3 is 2.84 bits per heavy atom. The first-order valence-corrected chi connectivity index (χ1v) is 9.46. The van der Waals surface area contributed by atoms with E-state index >= 15 is 0 Å². The van der Waals surface area contributed by atoms with Crippen molar-refractivity contribution >= 4 is 46.0 Å². The summed E-state index contributed by atoms with van der Waals surface area (Å²) >= 11 is 7.78. The molecule has 7 heteroatoms. The lowest BCUT2D eigenvalue weighted by molar-refractivity contribution is -0.116. The zero-order valence-corrected chi connectivity index (χ0v) is 15.5. The van der Waals surface area contributed by atoms with Gasteiger partial charge in [0.05, 0.1) is 28.9 Å². The van der Waals surface area contributed by atoms with Gasteiger partial charge in [-0.3, -0.25) is 4.79 Å². The van der Waals surface area contributed by atoms with Crippen LogP contribution in [0.1, 0.15) is 5.82 Å². The number of anilines is 1. The molecule has 0 atom stereocenters. The molecule has 1 heterocycles. The highest BCUT2D eigenvalue weighted by molar-refractivity contribution is 7.97. The van der Waals surface area contributed by atoms with Crippen molar-refractivity contribution in [3.05, 3.63) is 53.3 Å². The van der Waals surface area contributed by atoms with Crippen molar-refractivity contribution in [1.29, 1.82) is 0 Å². The number of nitrogens with zero attached hydrogens (tertiary/aromatic N) is 2. The van der Waals surface area contributed by atoms with Crippen molar-refractivity contribution in [2.45, 2.75) is 12.3 Å². The molecule has 2 aromatic carbocycles. The van der Waals surface area contributed by atoms with E-state index in [1.807, 2.05) is 35.1 Å². The summed E-state index contributed by atoms with van der Waals surface area (Å²) in [6.07, 6.45) is 2.02. The third-order valence-electron chi connectivity index (χ3n) is 3.74. The molecule has 0 unspecified atom stereocenters. The Labute approximate surface area is 155 Å². The Morgan fingerprint density at radius 1 is 1.32 bits per heavy atom. The van der Waals surface area contributed by atoms with E-state index in [1.54, 1.807) is 37.1 Å². The number of nitrogens with one attached hydrogen (secondary N) is 1. The zero-order chi connectivity index (χ0) is 17.8. The lowest BCUT2D eigenvalue weighted by Gasteiger charge is -2.11. The molecule has 3 aromatic rings. The van der Waals surface area contributed by atoms with Gasteiger partial charge in [0.25, 0.3) is 0 Å². The van der Waals surface area contributed by atoms with Crippen LogP contribution in [-0.4, -0.2) is 28.8 Å². The molecule has 3 rings (SSSR count). The molecule has 1 N–H and O–H groups in total. The third-order valence-corrected chi connectivity index (χ3v) is 4.59. The van der Waals surface area contributed by atoms with Gasteiger partial charge >= 0.3 is 0 Å². The summed E-state index contributed by atoms with van der Waals surface area (Å²) in [7, 11) is 1.55. The Bertz CT molecular complexity index is 910. The number of rotatable bonds is 6. The Balaban J connectivity index is 1.82. The van der Waals surface area contributed by atoms with Crippen molar-refractivity contribution < 1.29 is 9.53 Å². The summed E-state index contributed by atoms with van der Waals surface area (Å²) in [6, 6.07) is 13.0. The highest BCUT2D eigenvalue weighted by atomic mass is 35.5. The summed E-state index contributed by atoms with van der Waals surface area (Å²) in [5.41, 5.74) is 2.48. The quantitative estimate of drug-likeness (QED) is 0.701. The molecule has 130 valence electrons. The number of benzene rings is 2. The van der Waals surface area contributed by atoms with Gasteiger partial charge in [-0.05, 0) is 36.6 Å². The summed E-state index contributed by atoms with van der Waals surface area (Å²) in [4.78, 5) is 17.1. The van der Waals surface area contributed by atoms with Crippen molar-refractivity contribution in [3.8, 4) is 5.75 Å². The van der Waals surface area contributed by atoms with Gasteiger partial charge in [-0.25, -0.2) is 4.98 Å². The van der Waals surface area contributed by atoms with Crippen LogP contribution in [0.15, 0.2) is 42.5 Å². The molecule has 5 nitrogen and oxygen atoms in total. The standard InChI is InChI=1S/C18H18ClN3O2S/c1-24-16-8-7-12(9-13(16)19)20-18(23)10-22-15-6-4-3-5-14(15)21-17(22)11-25-2/h3-9H,10-11H2,1-2H3,(H,20,23). The Hall–Kier alpha value is -2.18. The number of hydrogen-bond donors (Lipinski definition) is 1. The lowest BCUT2D eigenvalue weighted by Crippen LogP contribution is -2.20. The van der Waals surface area contributed by atoms with E-state index in [0.29, 0.717) is 16.5 Å². The number of aromatic nitrogens is 2. The fraction of sp³-hybridized carbons (Fsp3) is 0.222. The smallest absolute Gasteiger partial charge is 0.244 e. The number of amides is 1. The van der Waals surface area contributed by atoms with E-state index in [4.69, 9.17) is 16.3 Å². The van der Waals surface area contributed by atoms with Gasteiger partial charge in [0.2, 0.25) is 5.91 Å². The first-order valence-electron chi connectivity index (χ1n) is 7.69. The first kappa shape index (κ1) is 17.6. The number of methoxy groups -OCH3 is 1. The van der Waals surface area contributed by atoms with E-state index in [9.17, 15) is 4.79 Å². The summed E-state index contributed by atoms with van der Waals surface area (Å²) in [5.74, 6) is 2.07. The molecule has 0 fully saturated rings. The van der Waals surface area contributed by atoms with Crippen molar-refractivity contribution in [3.63, 3.8) is 0 Å². The average Bonchev–Trinajstić information content (AvgIpc) is 2.93. The second-order valence-corrected chi connectivity index (χ2v) is 6.71. The van der Waals surface area contributed by atoms with Gasteiger partial charge in [-0.2, -0.15) is 11.8 Å². The average molecular weight is 376 g/mol. The molecule has 0 bridgehead atoms. The van der Waals surface area contributed by atoms with Gasteiger partial charge in [0.15, 0.2) is 0 Å². The van der Waals surface area contributed by atoms with E-state index < -0.39 is 0 Å². The minimum atomic E-state index is -0.133. The largest absolute Gasteiger partial charge is 0.495 e. The number of hydrogen-bond acceptors (Lipinski definition) is 4. The molecule has 0 saturated heterocycles. The van der Waals surface area contributed by atoms with Crippen molar-refractivity contribution in [1.82, 2.24) is 9.55 Å². The minimum Gasteiger partial charge on any atom is -0.495 e. The zero-order valence-electron chi connectivity index (χ0n) is 14.0. The lowest BCUT2D eigenvalue weighted by atomic mass is 10.3. The summed E-state index contributed by atoms with van der Waals surface area (Å²) in [5, 5.41) is 3.33. The van der Waals surface area contributed by atoms with Crippen LogP contribution >= 0.6 is 23.4 Å². The van der Waals surface area contributed by atoms with E-state index in [1.165, 1.54) is 0 Å². The third kappa shape index (κ3) is 3.91. The Morgan fingerprint density at radius 2 is 2.12 bits per heavy atom. The van der Waals surface area contributed by atoms with Crippen LogP contribution in [0.2, 0.25) is 5.02 Å². The van der Waals surface area contributed by atoms with Gasteiger partial charge in [-0.1, -0.05) is 23.7 Å². The number of carbonyl (C=O) groups is 1. The Kier molecular flexibility index (Phi) is 5.50. The van der Waals surface area contributed by atoms with Gasteiger partial charge in [0.1, 0.15) is 18.1 Å². The summed E-state index contributed by atoms with van der Waals surface area (Å²) < 4.78 is 7.07. The first-order chi connectivity index (χ1) is 12.1. The van der Waals surface area contributed by atoms with Crippen LogP contribution in [0.25, 0.3) is 11.0 Å². The molecule has 0 aliphatic carbocycles. The maximum absolute atomic E-state index is 12.5. The maximum atomic E-state index is 12.5. The molecule has 0 spiro atoms. The van der Waals surface area contributed by atoms with Crippen molar-refractivity contribution in [2.24, 2.45) is 0 Å². The van der Waals surface area contributed by atoms with Crippen LogP contribution in [0.5, 0.6) is 5.75 Å². The SMILES string of the molecule is COc1ccc(NC(=O)Cn2c(CSC)nc3ccccc32)cc1Cl. The van der Waals surface area contributed by atoms with Gasteiger partial charge in [-0.15, -0.1) is 0 Å². The van der Waals surface area contributed by atoms with Gasteiger partial charge in [0, 0.05) is 5.69 Å². The monoisotopic (exact) mass is 375 g/mol. The molecule has 0 saturated carbocycles. The van der Waals surface area contributed by atoms with Crippen LogP contribution in [0, 0.1) is 0 Å². The maximum Gasteiger partial charge on any atom is 0.244 e. The number of imidazole rings is 1. The molecule has 25 heavy (non-hydrogen) atoms. The minimum absolute atomic E-state index is 0.133. The molecule has 0 aliphatic heterocycles. The number of para-hydroxylation sites is 2. The molecule has 1 amide bonds. The van der Waals surface area contributed by atoms with Crippen molar-refractivity contribution in [2.75, 3.05) is 18.7 Å². The van der Waals surface area contributed by atoms with Crippen LogP contribution in [0.3, 0.4) is 0 Å². The van der Waals surface area contributed by atoms with E-state index in [-0.39, 0.29) is 12.5 Å². The highest BCUT2D eigenvalue weighted by Gasteiger charge is 2.13. The molecule has 1 aromatic heterocycles. The van der Waals surface area contributed by atoms with Crippen LogP contribution in [0.4, 0.5) is 5.69 Å². The van der Waals surface area contributed by atoms with Crippen LogP contribution < -0.4 is 10.1 Å². The second-order valence-electron chi connectivity index (χ2n) is 5.43. The normalized spacial score (nSPS) is 10.8. The topological polar surface area (TPSA) is 56.1 Å². The predicted octanol–water partition coefficient (Wildman–Crippen LogP) is 4.20. The predicted molar refractivity (Wildman–Crippen MR) is 104 cm³/mol. The van der Waals surface area contributed by atoms with E-state index in [0.717, 1.165) is 22.6 Å². The van der Waals surface area contributed by atoms with Gasteiger partial charge < -0.3 is 14.6 Å². The molecule has 0 aliphatic rings. The molecular formula is C18H18ClN3O2S.